The Kier molecular flexibility index (Phi) is 13.4. The Bertz CT molecular complexity index is 1620. The predicted octanol–water partition coefficient (Wildman–Crippen LogP) is 4.89. The van der Waals surface area contributed by atoms with E-state index in [4.69, 9.17) is 14.2 Å². The van der Waals surface area contributed by atoms with Crippen LogP contribution in [0.1, 0.15) is 36.0 Å². The molecule has 1 aliphatic rings. The Morgan fingerprint density at radius 3 is 2.02 bits per heavy atom. The number of ether oxygens (including phenoxy) is 3. The highest BCUT2D eigenvalue weighted by molar-refractivity contribution is 7.98. The number of amides is 2. The molecule has 14 heteroatoms. The van der Waals surface area contributed by atoms with Crippen molar-refractivity contribution in [2.45, 2.75) is 38.1 Å². The number of carbonyl (C=O) groups is 5. The fraction of sp³-hybridized carbons (Fsp3) is 0.361. The maximum atomic E-state index is 13.6. The SMILES string of the molecule is CCOC(=O)[C@@H](CSC)N(CC(=O)NC[C@H](CC(=O)OCc1ccccc1)C(=O)OCC1c2ccccc2-c2ccccc21)C(=O)C(F)(F)F. The molecule has 10 nitrogen and oxygen atoms in total. The van der Waals surface area contributed by atoms with Crippen molar-refractivity contribution in [3.05, 3.63) is 95.6 Å². The summed E-state index contributed by atoms with van der Waals surface area (Å²) in [5, 5.41) is 2.34. The molecule has 3 aromatic rings. The topological polar surface area (TPSA) is 128 Å². The number of benzene rings is 3. The summed E-state index contributed by atoms with van der Waals surface area (Å²) in [6.07, 6.45) is -4.40. The standard InChI is InChI=1S/C36H37F3N2O8S/c1-3-47-34(45)30(22-50-2)41(35(46)36(37,38)39)19-31(42)40-18-24(17-32(43)48-20-23-11-5-4-6-12-23)33(44)49-21-29-27-15-9-7-13-25(27)26-14-8-10-16-28(26)29/h4-16,24,29-30H,3,17-22H2,1-2H3,(H,40,42)/t24-,30+/m0/s1. The third kappa shape index (κ3) is 9.87. The summed E-state index contributed by atoms with van der Waals surface area (Å²) < 4.78 is 56.6. The maximum Gasteiger partial charge on any atom is 0.471 e. The summed E-state index contributed by atoms with van der Waals surface area (Å²) >= 11 is 0.980. The highest BCUT2D eigenvalue weighted by atomic mass is 32.2. The second-order valence-electron chi connectivity index (χ2n) is 11.4. The van der Waals surface area contributed by atoms with Gasteiger partial charge < -0.3 is 24.4 Å². The molecule has 4 rings (SSSR count). The van der Waals surface area contributed by atoms with Gasteiger partial charge in [0.15, 0.2) is 0 Å². The number of thioether (sulfide) groups is 1. The van der Waals surface area contributed by atoms with Gasteiger partial charge in [-0.15, -0.1) is 0 Å². The first-order valence-electron chi connectivity index (χ1n) is 15.8. The Hall–Kier alpha value is -4.85. The second-order valence-corrected chi connectivity index (χ2v) is 12.3. The summed E-state index contributed by atoms with van der Waals surface area (Å²) in [4.78, 5) is 64.4. The van der Waals surface area contributed by atoms with E-state index in [2.05, 4.69) is 5.32 Å². The van der Waals surface area contributed by atoms with Gasteiger partial charge in [0.05, 0.1) is 18.9 Å². The van der Waals surface area contributed by atoms with Crippen LogP contribution in [0.2, 0.25) is 0 Å². The van der Waals surface area contributed by atoms with E-state index in [1.807, 2.05) is 48.5 Å². The predicted molar refractivity (Wildman–Crippen MR) is 179 cm³/mol. The molecular formula is C36H37F3N2O8S. The number of hydrogen-bond donors (Lipinski definition) is 1. The van der Waals surface area contributed by atoms with Gasteiger partial charge in [0.2, 0.25) is 5.91 Å². The Labute approximate surface area is 291 Å². The molecule has 50 heavy (non-hydrogen) atoms. The van der Waals surface area contributed by atoms with Crippen molar-refractivity contribution in [1.82, 2.24) is 10.2 Å². The van der Waals surface area contributed by atoms with Gasteiger partial charge in [0, 0.05) is 18.2 Å². The Morgan fingerprint density at radius 2 is 1.44 bits per heavy atom. The molecule has 266 valence electrons. The van der Waals surface area contributed by atoms with Crippen molar-refractivity contribution in [3.63, 3.8) is 0 Å². The quantitative estimate of drug-likeness (QED) is 0.163. The third-order valence-electron chi connectivity index (χ3n) is 7.97. The highest BCUT2D eigenvalue weighted by Crippen LogP contribution is 2.44. The van der Waals surface area contributed by atoms with Crippen molar-refractivity contribution < 1.29 is 51.4 Å². The van der Waals surface area contributed by atoms with Crippen LogP contribution in [0.15, 0.2) is 78.9 Å². The summed E-state index contributed by atoms with van der Waals surface area (Å²) in [6.45, 7) is -0.575. The molecule has 0 spiro atoms. The molecule has 0 bridgehead atoms. The molecule has 0 unspecified atom stereocenters. The number of nitrogens with zero attached hydrogens (tertiary/aromatic N) is 1. The van der Waals surface area contributed by atoms with Crippen LogP contribution >= 0.6 is 11.8 Å². The minimum atomic E-state index is -5.39. The van der Waals surface area contributed by atoms with Gasteiger partial charge in [-0.2, -0.15) is 24.9 Å². The number of esters is 3. The second kappa shape index (κ2) is 17.7. The normalized spacial score (nSPS) is 13.3. The van der Waals surface area contributed by atoms with Crippen molar-refractivity contribution >= 4 is 41.5 Å². The van der Waals surface area contributed by atoms with E-state index < -0.39 is 67.4 Å². The molecule has 0 saturated carbocycles. The minimum absolute atomic E-state index is 0.0807. The molecule has 2 atom stereocenters. The Balaban J connectivity index is 1.49. The van der Waals surface area contributed by atoms with Crippen LogP contribution in [-0.4, -0.2) is 85.2 Å². The molecule has 2 amide bonds. The van der Waals surface area contributed by atoms with Crippen LogP contribution in [0.3, 0.4) is 0 Å². The van der Waals surface area contributed by atoms with E-state index in [9.17, 15) is 37.1 Å². The lowest BCUT2D eigenvalue weighted by Crippen LogP contribution is -2.55. The zero-order chi connectivity index (χ0) is 36.3. The summed E-state index contributed by atoms with van der Waals surface area (Å²) in [5.74, 6) is -8.12. The molecule has 0 heterocycles. The number of fused-ring (bicyclic) bond motifs is 3. The first-order chi connectivity index (χ1) is 23.9. The molecule has 0 fully saturated rings. The first-order valence-corrected chi connectivity index (χ1v) is 17.2. The zero-order valence-corrected chi connectivity index (χ0v) is 28.3. The average molecular weight is 715 g/mol. The van der Waals surface area contributed by atoms with Crippen LogP contribution in [0.4, 0.5) is 13.2 Å². The largest absolute Gasteiger partial charge is 0.471 e. The maximum absolute atomic E-state index is 13.6. The van der Waals surface area contributed by atoms with E-state index in [0.29, 0.717) is 5.56 Å². The van der Waals surface area contributed by atoms with E-state index in [1.165, 1.54) is 13.2 Å². The third-order valence-corrected chi connectivity index (χ3v) is 8.62. The van der Waals surface area contributed by atoms with E-state index in [0.717, 1.165) is 34.0 Å². The van der Waals surface area contributed by atoms with Gasteiger partial charge in [0.25, 0.3) is 0 Å². The first kappa shape index (κ1) is 38.0. The number of hydrogen-bond acceptors (Lipinski definition) is 9. The van der Waals surface area contributed by atoms with Crippen LogP contribution in [0.25, 0.3) is 11.1 Å². The van der Waals surface area contributed by atoms with Gasteiger partial charge in [-0.3, -0.25) is 19.2 Å². The number of nitrogens with one attached hydrogen (secondary N) is 1. The van der Waals surface area contributed by atoms with E-state index in [-0.39, 0.29) is 36.4 Å². The fourth-order valence-electron chi connectivity index (χ4n) is 5.58. The monoisotopic (exact) mass is 714 g/mol. The molecule has 1 aliphatic carbocycles. The van der Waals surface area contributed by atoms with E-state index >= 15 is 0 Å². The van der Waals surface area contributed by atoms with Crippen molar-refractivity contribution in [3.8, 4) is 11.1 Å². The van der Waals surface area contributed by atoms with Crippen LogP contribution in [0, 0.1) is 5.92 Å². The van der Waals surface area contributed by atoms with Gasteiger partial charge in [0.1, 0.15) is 25.8 Å². The van der Waals surface area contributed by atoms with Crippen molar-refractivity contribution in [2.75, 3.05) is 38.3 Å². The average Bonchev–Trinajstić information content (AvgIpc) is 3.42. The minimum Gasteiger partial charge on any atom is -0.464 e. The van der Waals surface area contributed by atoms with Crippen LogP contribution < -0.4 is 5.32 Å². The van der Waals surface area contributed by atoms with E-state index in [1.54, 1.807) is 30.3 Å². The summed E-state index contributed by atoms with van der Waals surface area (Å²) in [5.41, 5.74) is 4.59. The van der Waals surface area contributed by atoms with Crippen molar-refractivity contribution in [2.24, 2.45) is 5.92 Å². The lowest BCUT2D eigenvalue weighted by Gasteiger charge is -2.30. The summed E-state index contributed by atoms with van der Waals surface area (Å²) in [6, 6.07) is 22.4. The van der Waals surface area contributed by atoms with Crippen molar-refractivity contribution in [1.29, 1.82) is 0 Å². The number of alkyl halides is 3. The molecule has 3 aromatic carbocycles. The lowest BCUT2D eigenvalue weighted by atomic mass is 9.98. The fourth-order valence-corrected chi connectivity index (χ4v) is 6.21. The van der Waals surface area contributed by atoms with Gasteiger partial charge in [-0.1, -0.05) is 78.9 Å². The molecule has 0 aromatic heterocycles. The summed E-state index contributed by atoms with van der Waals surface area (Å²) in [7, 11) is 0. The van der Waals surface area contributed by atoms with Gasteiger partial charge in [-0.05, 0) is 41.0 Å². The van der Waals surface area contributed by atoms with Gasteiger partial charge >= 0.3 is 30.0 Å². The van der Waals surface area contributed by atoms with Crippen LogP contribution in [0.5, 0.6) is 0 Å². The number of rotatable bonds is 16. The zero-order valence-electron chi connectivity index (χ0n) is 27.4. The molecular weight excluding hydrogens is 677 g/mol. The number of carbonyl (C=O) groups excluding carboxylic acids is 5. The van der Waals surface area contributed by atoms with Gasteiger partial charge in [-0.25, -0.2) is 4.79 Å². The molecule has 0 aliphatic heterocycles. The smallest absolute Gasteiger partial charge is 0.464 e. The number of halogens is 3. The Morgan fingerprint density at radius 1 is 0.840 bits per heavy atom. The lowest BCUT2D eigenvalue weighted by molar-refractivity contribution is -0.190. The highest BCUT2D eigenvalue weighted by Gasteiger charge is 2.47. The molecule has 0 radical (unpaired) electrons. The molecule has 1 N–H and O–H groups in total. The molecule has 0 saturated heterocycles. The van der Waals surface area contributed by atoms with Crippen LogP contribution in [-0.2, 0) is 44.8 Å².